The van der Waals surface area contributed by atoms with E-state index in [9.17, 15) is 22.8 Å². The van der Waals surface area contributed by atoms with Crippen molar-refractivity contribution in [3.05, 3.63) is 30.0 Å². The summed E-state index contributed by atoms with van der Waals surface area (Å²) in [6.45, 7) is 0. The van der Waals surface area contributed by atoms with Crippen molar-refractivity contribution in [2.75, 3.05) is 7.11 Å². The fraction of sp³-hybridized carbons (Fsp3) is 0.182. The van der Waals surface area contributed by atoms with Crippen molar-refractivity contribution < 1.29 is 32.2 Å². The number of rotatable bonds is 4. The molecule has 0 radical (unpaired) electrons. The van der Waals surface area contributed by atoms with Crippen molar-refractivity contribution in [1.82, 2.24) is 0 Å². The molecule has 0 unspecified atom stereocenters. The number of alkyl halides is 3. The van der Waals surface area contributed by atoms with Crippen LogP contribution in [0.3, 0.4) is 0 Å². The average molecular weight is 260 g/mol. The lowest BCUT2D eigenvalue weighted by Gasteiger charge is -2.10. The molecule has 0 N–H and O–H groups in total. The van der Waals surface area contributed by atoms with Crippen LogP contribution in [0.4, 0.5) is 13.2 Å². The highest BCUT2D eigenvalue weighted by Crippen LogP contribution is 2.30. The summed E-state index contributed by atoms with van der Waals surface area (Å²) in [6, 6.07) is 3.14. The van der Waals surface area contributed by atoms with Crippen molar-refractivity contribution in [2.24, 2.45) is 0 Å². The highest BCUT2D eigenvalue weighted by molar-refractivity contribution is 6.02. The lowest BCUT2D eigenvalue weighted by atomic mass is 10.1. The van der Waals surface area contributed by atoms with Gasteiger partial charge < -0.3 is 9.47 Å². The van der Waals surface area contributed by atoms with E-state index in [-0.39, 0.29) is 5.75 Å². The Labute approximate surface area is 99.6 Å². The summed E-state index contributed by atoms with van der Waals surface area (Å²) in [4.78, 5) is 21.1. The molecule has 0 aliphatic rings. The predicted octanol–water partition coefficient (Wildman–Crippen LogP) is 2.16. The molecule has 1 aromatic carbocycles. The number of hydrogen-bond acceptors (Lipinski definition) is 4. The molecular formula is C11H7F3O4. The Morgan fingerprint density at radius 2 is 2.06 bits per heavy atom. The molecule has 0 aromatic heterocycles. The molecule has 0 bridgehead atoms. The largest absolute Gasteiger partial charge is 0.497 e. The van der Waals surface area contributed by atoms with Crippen LogP contribution in [0.1, 0.15) is 10.4 Å². The lowest BCUT2D eigenvalue weighted by molar-refractivity contribution is -0.0886. The molecule has 1 aromatic rings. The number of methoxy groups -OCH3 is 1. The number of benzene rings is 1. The molecular weight excluding hydrogens is 253 g/mol. The molecule has 4 nitrogen and oxygen atoms in total. The maximum atomic E-state index is 12.3. The third-order valence-corrected chi connectivity index (χ3v) is 1.92. The van der Waals surface area contributed by atoms with E-state index in [0.29, 0.717) is 6.26 Å². The first-order chi connectivity index (χ1) is 8.40. The number of hydrogen-bond donors (Lipinski definition) is 0. The summed E-state index contributed by atoms with van der Waals surface area (Å²) < 4.78 is 46.3. The van der Waals surface area contributed by atoms with E-state index >= 15 is 0 Å². The van der Waals surface area contributed by atoms with Crippen LogP contribution in [0.25, 0.3) is 0 Å². The zero-order chi connectivity index (χ0) is 13.8. The van der Waals surface area contributed by atoms with Gasteiger partial charge in [-0.25, -0.2) is 4.79 Å². The second-order valence-electron chi connectivity index (χ2n) is 3.04. The van der Waals surface area contributed by atoms with Crippen molar-refractivity contribution in [1.29, 1.82) is 0 Å². The molecule has 0 saturated carbocycles. The zero-order valence-electron chi connectivity index (χ0n) is 9.08. The molecule has 0 aliphatic heterocycles. The van der Waals surface area contributed by atoms with Crippen LogP contribution < -0.4 is 9.47 Å². The second kappa shape index (κ2) is 5.37. The van der Waals surface area contributed by atoms with E-state index in [1.807, 2.05) is 0 Å². The van der Waals surface area contributed by atoms with Gasteiger partial charge in [0, 0.05) is 6.07 Å². The molecule has 0 saturated heterocycles. The van der Waals surface area contributed by atoms with E-state index in [1.165, 1.54) is 19.1 Å². The SMILES string of the molecule is COc1ccc(C(=O)C(F)(F)F)c(OC=C=O)c1. The maximum absolute atomic E-state index is 12.3. The minimum absolute atomic E-state index is 0.183. The molecule has 0 heterocycles. The summed E-state index contributed by atoms with van der Waals surface area (Å²) in [5.74, 6) is -1.09. The van der Waals surface area contributed by atoms with Gasteiger partial charge in [-0.05, 0) is 12.1 Å². The number of halogens is 3. The number of ketones is 1. The first-order valence-electron chi connectivity index (χ1n) is 4.55. The molecule has 96 valence electrons. The van der Waals surface area contributed by atoms with E-state index in [2.05, 4.69) is 4.74 Å². The highest BCUT2D eigenvalue weighted by Gasteiger charge is 2.40. The maximum Gasteiger partial charge on any atom is 0.455 e. The van der Waals surface area contributed by atoms with Crippen LogP contribution in [-0.4, -0.2) is 25.0 Å². The number of ether oxygens (including phenoxy) is 2. The summed E-state index contributed by atoms with van der Waals surface area (Å²) >= 11 is 0. The van der Waals surface area contributed by atoms with E-state index < -0.39 is 23.3 Å². The van der Waals surface area contributed by atoms with Crippen LogP contribution in [0, 0.1) is 0 Å². The predicted molar refractivity (Wildman–Crippen MR) is 54.3 cm³/mol. The van der Waals surface area contributed by atoms with E-state index in [1.54, 1.807) is 0 Å². The van der Waals surface area contributed by atoms with Gasteiger partial charge in [-0.2, -0.15) is 13.2 Å². The van der Waals surface area contributed by atoms with Gasteiger partial charge in [0.25, 0.3) is 5.78 Å². The first-order valence-corrected chi connectivity index (χ1v) is 4.55. The average Bonchev–Trinajstić information content (AvgIpc) is 2.34. The lowest BCUT2D eigenvalue weighted by Crippen LogP contribution is -2.23. The van der Waals surface area contributed by atoms with Crippen molar-refractivity contribution >= 4 is 11.7 Å². The number of carbonyl (C=O) groups excluding carboxylic acids is 2. The Morgan fingerprint density at radius 1 is 1.39 bits per heavy atom. The summed E-state index contributed by atoms with van der Waals surface area (Å²) in [6.07, 6.45) is -4.53. The standard InChI is InChI=1S/C11H7F3O4/c1-17-7-2-3-8(10(16)11(12,13)14)9(6-7)18-5-4-15/h2-3,5-6H,1H3. The van der Waals surface area contributed by atoms with Gasteiger partial charge in [-0.3, -0.25) is 4.79 Å². The normalized spacial score (nSPS) is 10.4. The summed E-state index contributed by atoms with van der Waals surface area (Å²) in [7, 11) is 1.29. The third-order valence-electron chi connectivity index (χ3n) is 1.92. The quantitative estimate of drug-likeness (QED) is 0.473. The minimum Gasteiger partial charge on any atom is -0.497 e. The molecule has 0 amide bonds. The van der Waals surface area contributed by atoms with Gasteiger partial charge in [0.15, 0.2) is 12.2 Å². The van der Waals surface area contributed by atoms with Crippen LogP contribution >= 0.6 is 0 Å². The number of Topliss-reactive ketones (excluding diaryl/α,β-unsaturated/α-hetero) is 1. The summed E-state index contributed by atoms with van der Waals surface area (Å²) in [5.41, 5.74) is -0.713. The molecule has 1 rings (SSSR count). The monoisotopic (exact) mass is 260 g/mol. The molecule has 0 aliphatic carbocycles. The Balaban J connectivity index is 3.25. The molecule has 0 fully saturated rings. The van der Waals surface area contributed by atoms with Crippen molar-refractivity contribution in [3.8, 4) is 11.5 Å². The fourth-order valence-electron chi connectivity index (χ4n) is 1.15. The molecule has 0 spiro atoms. The smallest absolute Gasteiger partial charge is 0.455 e. The van der Waals surface area contributed by atoms with Crippen LogP contribution in [0.2, 0.25) is 0 Å². The van der Waals surface area contributed by atoms with E-state index in [0.717, 1.165) is 12.1 Å². The second-order valence-corrected chi connectivity index (χ2v) is 3.04. The van der Waals surface area contributed by atoms with Crippen molar-refractivity contribution in [3.63, 3.8) is 0 Å². The van der Waals surface area contributed by atoms with Gasteiger partial charge in [0.2, 0.25) is 0 Å². The van der Waals surface area contributed by atoms with Crippen molar-refractivity contribution in [2.45, 2.75) is 6.18 Å². The summed E-state index contributed by atoms with van der Waals surface area (Å²) in [5, 5.41) is 0. The first kappa shape index (κ1) is 13.8. The third kappa shape index (κ3) is 3.11. The zero-order valence-corrected chi connectivity index (χ0v) is 9.08. The molecule has 18 heavy (non-hydrogen) atoms. The van der Waals surface area contributed by atoms with Gasteiger partial charge in [-0.1, -0.05) is 0 Å². The Hall–Kier alpha value is -2.27. The van der Waals surface area contributed by atoms with Crippen LogP contribution in [0.15, 0.2) is 24.5 Å². The highest BCUT2D eigenvalue weighted by atomic mass is 19.4. The topological polar surface area (TPSA) is 52.6 Å². The number of carbonyl (C=O) groups is 1. The van der Waals surface area contributed by atoms with Crippen LogP contribution in [-0.2, 0) is 4.79 Å². The minimum atomic E-state index is -5.03. The molecule has 0 atom stereocenters. The van der Waals surface area contributed by atoms with Gasteiger partial charge >= 0.3 is 6.18 Å². The molecule has 7 heteroatoms. The van der Waals surface area contributed by atoms with Crippen LogP contribution in [0.5, 0.6) is 11.5 Å². The van der Waals surface area contributed by atoms with Gasteiger partial charge in [0.05, 0.1) is 12.7 Å². The Morgan fingerprint density at radius 3 is 2.56 bits per heavy atom. The fourth-order valence-corrected chi connectivity index (χ4v) is 1.15. The van der Waals surface area contributed by atoms with Gasteiger partial charge in [0.1, 0.15) is 11.5 Å². The van der Waals surface area contributed by atoms with Gasteiger partial charge in [-0.15, -0.1) is 0 Å². The Kier molecular flexibility index (Phi) is 4.12. The van der Waals surface area contributed by atoms with E-state index in [4.69, 9.17) is 4.74 Å². The Bertz CT molecular complexity index is 502.